The quantitative estimate of drug-likeness (QED) is 0.748. The molecule has 1 aliphatic rings. The predicted octanol–water partition coefficient (Wildman–Crippen LogP) is 4.49. The highest BCUT2D eigenvalue weighted by molar-refractivity contribution is 6.30. The highest BCUT2D eigenvalue weighted by Crippen LogP contribution is 2.20. The normalized spacial score (nSPS) is 13.9. The largest absolute Gasteiger partial charge is 0.350 e. The van der Waals surface area contributed by atoms with Crippen molar-refractivity contribution in [3.05, 3.63) is 58.9 Å². The molecule has 0 saturated heterocycles. The van der Waals surface area contributed by atoms with Gasteiger partial charge in [0, 0.05) is 23.5 Å². The van der Waals surface area contributed by atoms with Crippen LogP contribution in [0.15, 0.2) is 48.2 Å². The molecule has 25 heavy (non-hydrogen) atoms. The summed E-state index contributed by atoms with van der Waals surface area (Å²) in [6.45, 7) is 0.631. The summed E-state index contributed by atoms with van der Waals surface area (Å²) >= 11 is 5.96. The molecular weight excluding hydrogens is 336 g/mol. The molecule has 130 valence electrons. The van der Waals surface area contributed by atoms with Crippen LogP contribution >= 0.6 is 11.6 Å². The van der Waals surface area contributed by atoms with E-state index in [-0.39, 0.29) is 5.91 Å². The van der Waals surface area contributed by atoms with Gasteiger partial charge in [0.2, 0.25) is 5.95 Å². The number of anilines is 2. The van der Waals surface area contributed by atoms with E-state index in [9.17, 15) is 4.79 Å². The minimum absolute atomic E-state index is 0.187. The molecule has 0 aliphatic heterocycles. The van der Waals surface area contributed by atoms with E-state index in [0.717, 1.165) is 24.9 Å². The highest BCUT2D eigenvalue weighted by atomic mass is 35.5. The lowest BCUT2D eigenvalue weighted by Crippen LogP contribution is -2.26. The molecule has 0 spiro atoms. The van der Waals surface area contributed by atoms with Crippen molar-refractivity contribution in [2.24, 2.45) is 0 Å². The van der Waals surface area contributed by atoms with Crippen molar-refractivity contribution in [1.29, 1.82) is 0 Å². The van der Waals surface area contributed by atoms with Crippen LogP contribution in [0.2, 0.25) is 5.02 Å². The number of aromatic nitrogens is 2. The maximum absolute atomic E-state index is 12.3. The van der Waals surface area contributed by atoms with Gasteiger partial charge in [-0.3, -0.25) is 4.79 Å². The zero-order valence-electron chi connectivity index (χ0n) is 14.0. The number of rotatable bonds is 6. The summed E-state index contributed by atoms with van der Waals surface area (Å²) in [5, 5.41) is 6.60. The molecular formula is C19H21ClN4O. The minimum atomic E-state index is -0.187. The Labute approximate surface area is 152 Å². The first kappa shape index (κ1) is 17.4. The van der Waals surface area contributed by atoms with Crippen molar-refractivity contribution < 1.29 is 4.79 Å². The number of nitrogens with one attached hydrogen (secondary N) is 2. The molecule has 1 aliphatic carbocycles. The summed E-state index contributed by atoms with van der Waals surface area (Å²) in [6, 6.07) is 8.87. The third kappa shape index (κ3) is 5.29. The zero-order valence-corrected chi connectivity index (χ0v) is 14.7. The van der Waals surface area contributed by atoms with Gasteiger partial charge in [-0.2, -0.15) is 0 Å². The second kappa shape index (κ2) is 8.62. The Balaban J connectivity index is 1.56. The number of nitrogens with zero attached hydrogens (tertiary/aromatic N) is 2. The fourth-order valence-corrected chi connectivity index (χ4v) is 2.99. The van der Waals surface area contributed by atoms with Crippen LogP contribution in [0.3, 0.4) is 0 Å². The van der Waals surface area contributed by atoms with Crippen LogP contribution in [-0.4, -0.2) is 22.4 Å². The van der Waals surface area contributed by atoms with Crippen LogP contribution in [0.1, 0.15) is 42.6 Å². The van der Waals surface area contributed by atoms with Gasteiger partial charge in [-0.05, 0) is 56.4 Å². The molecule has 2 N–H and O–H groups in total. The fraction of sp³-hybridized carbons (Fsp3) is 0.316. The van der Waals surface area contributed by atoms with E-state index in [4.69, 9.17) is 11.6 Å². The molecule has 5 nitrogen and oxygen atoms in total. The highest BCUT2D eigenvalue weighted by Gasteiger charge is 2.10. The first-order valence-corrected chi connectivity index (χ1v) is 8.90. The van der Waals surface area contributed by atoms with Crippen LogP contribution in [0.25, 0.3) is 0 Å². The van der Waals surface area contributed by atoms with Crippen molar-refractivity contribution >= 4 is 29.1 Å². The number of amides is 1. The number of carbonyl (C=O) groups is 1. The molecule has 0 unspecified atom stereocenters. The first-order chi connectivity index (χ1) is 12.2. The Bertz CT molecular complexity index is 776. The molecule has 0 atom stereocenters. The molecule has 2 aromatic rings. The lowest BCUT2D eigenvalue weighted by molar-refractivity contribution is 0.0949. The summed E-state index contributed by atoms with van der Waals surface area (Å²) < 4.78 is 0. The first-order valence-electron chi connectivity index (χ1n) is 8.52. The van der Waals surface area contributed by atoms with E-state index in [0.29, 0.717) is 23.2 Å². The number of hydrogen-bond donors (Lipinski definition) is 2. The number of halogens is 1. The van der Waals surface area contributed by atoms with E-state index >= 15 is 0 Å². The van der Waals surface area contributed by atoms with E-state index in [1.165, 1.54) is 18.4 Å². The molecule has 0 bridgehead atoms. The van der Waals surface area contributed by atoms with Crippen molar-refractivity contribution in [2.75, 3.05) is 11.9 Å². The Morgan fingerprint density at radius 1 is 1.24 bits per heavy atom. The molecule has 1 aromatic heterocycles. The molecule has 1 amide bonds. The summed E-state index contributed by atoms with van der Waals surface area (Å²) in [4.78, 5) is 20.7. The minimum Gasteiger partial charge on any atom is -0.350 e. The molecule has 6 heteroatoms. The van der Waals surface area contributed by atoms with Gasteiger partial charge in [-0.1, -0.05) is 29.3 Å². The fourth-order valence-electron chi connectivity index (χ4n) is 2.80. The number of carbonyl (C=O) groups excluding carboxylic acids is 1. The van der Waals surface area contributed by atoms with E-state index in [1.54, 1.807) is 24.4 Å². The molecule has 0 saturated carbocycles. The van der Waals surface area contributed by atoms with Gasteiger partial charge >= 0.3 is 0 Å². The van der Waals surface area contributed by atoms with E-state index < -0.39 is 0 Å². The van der Waals surface area contributed by atoms with E-state index in [1.807, 2.05) is 12.1 Å². The van der Waals surface area contributed by atoms with Crippen LogP contribution in [0.4, 0.5) is 11.6 Å². The Kier molecular flexibility index (Phi) is 6.01. The SMILES string of the molecule is O=C(NCCC1=CCCCC1)c1ccnc(Nc2cccc(Cl)c2)n1. The van der Waals surface area contributed by atoms with Gasteiger partial charge in [0.25, 0.3) is 5.91 Å². The van der Waals surface area contributed by atoms with Crippen LogP contribution in [-0.2, 0) is 0 Å². The molecule has 1 aromatic carbocycles. The standard InChI is InChI=1S/C19H21ClN4O/c20-15-7-4-8-16(13-15)23-19-22-12-10-17(24-19)18(25)21-11-9-14-5-2-1-3-6-14/h4-5,7-8,10,12-13H,1-3,6,9,11H2,(H,21,25)(H,22,23,24). The van der Waals surface area contributed by atoms with Gasteiger partial charge in [0.05, 0.1) is 0 Å². The summed E-state index contributed by atoms with van der Waals surface area (Å²) in [5.74, 6) is 0.179. The smallest absolute Gasteiger partial charge is 0.270 e. The van der Waals surface area contributed by atoms with Crippen LogP contribution < -0.4 is 10.6 Å². The van der Waals surface area contributed by atoms with Gasteiger partial charge in [0.1, 0.15) is 5.69 Å². The zero-order chi connectivity index (χ0) is 17.5. The van der Waals surface area contributed by atoms with Crippen LogP contribution in [0.5, 0.6) is 0 Å². The van der Waals surface area contributed by atoms with Gasteiger partial charge < -0.3 is 10.6 Å². The monoisotopic (exact) mass is 356 g/mol. The van der Waals surface area contributed by atoms with Gasteiger partial charge in [-0.25, -0.2) is 9.97 Å². The lowest BCUT2D eigenvalue weighted by atomic mass is 9.97. The molecule has 0 radical (unpaired) electrons. The molecule has 1 heterocycles. The number of benzene rings is 1. The number of hydrogen-bond acceptors (Lipinski definition) is 4. The second-order valence-corrected chi connectivity index (χ2v) is 6.45. The summed E-state index contributed by atoms with van der Waals surface area (Å²) in [5.41, 5.74) is 2.56. The maximum atomic E-state index is 12.3. The second-order valence-electron chi connectivity index (χ2n) is 6.01. The third-order valence-electron chi connectivity index (χ3n) is 4.09. The topological polar surface area (TPSA) is 66.9 Å². The Morgan fingerprint density at radius 3 is 2.96 bits per heavy atom. The summed E-state index contributed by atoms with van der Waals surface area (Å²) in [7, 11) is 0. The van der Waals surface area contributed by atoms with Crippen molar-refractivity contribution in [1.82, 2.24) is 15.3 Å². The van der Waals surface area contributed by atoms with Crippen molar-refractivity contribution in [3.8, 4) is 0 Å². The predicted molar refractivity (Wildman–Crippen MR) is 100 cm³/mol. The van der Waals surface area contributed by atoms with Gasteiger partial charge in [0.15, 0.2) is 0 Å². The van der Waals surface area contributed by atoms with Gasteiger partial charge in [-0.15, -0.1) is 0 Å². The van der Waals surface area contributed by atoms with Crippen molar-refractivity contribution in [2.45, 2.75) is 32.1 Å². The Morgan fingerprint density at radius 2 is 2.16 bits per heavy atom. The molecule has 0 fully saturated rings. The average Bonchev–Trinajstić information content (AvgIpc) is 2.63. The third-order valence-corrected chi connectivity index (χ3v) is 4.32. The number of allylic oxidation sites excluding steroid dienone is 1. The van der Waals surface area contributed by atoms with E-state index in [2.05, 4.69) is 26.7 Å². The Hall–Kier alpha value is -2.40. The summed E-state index contributed by atoms with van der Waals surface area (Å²) in [6.07, 6.45) is 9.62. The lowest BCUT2D eigenvalue weighted by Gasteiger charge is -2.13. The van der Waals surface area contributed by atoms with Crippen LogP contribution in [0, 0.1) is 0 Å². The average molecular weight is 357 g/mol. The van der Waals surface area contributed by atoms with Crippen molar-refractivity contribution in [3.63, 3.8) is 0 Å². The molecule has 3 rings (SSSR count). The maximum Gasteiger partial charge on any atom is 0.270 e.